The number of methoxy groups -OCH3 is 3. The SMILES string of the molecule is CCCCC(CC)COC(=O)OOOC(=O)c1ccc(OC)c(OC)c1OC. The van der Waals surface area contributed by atoms with Crippen molar-refractivity contribution in [2.45, 2.75) is 39.5 Å². The zero-order chi connectivity index (χ0) is 20.9. The molecule has 0 saturated carbocycles. The molecule has 0 aliphatic heterocycles. The summed E-state index contributed by atoms with van der Waals surface area (Å²) in [5.41, 5.74) is -0.0114. The minimum Gasteiger partial charge on any atom is -0.493 e. The zero-order valence-electron chi connectivity index (χ0n) is 16.9. The van der Waals surface area contributed by atoms with Crippen LogP contribution in [0.15, 0.2) is 12.1 Å². The summed E-state index contributed by atoms with van der Waals surface area (Å²) in [6, 6.07) is 2.89. The summed E-state index contributed by atoms with van der Waals surface area (Å²) < 4.78 is 20.4. The molecule has 0 aromatic heterocycles. The Morgan fingerprint density at radius 2 is 1.68 bits per heavy atom. The molecular weight excluding hydrogens is 372 g/mol. The smallest absolute Gasteiger partial charge is 0.493 e. The van der Waals surface area contributed by atoms with E-state index in [1.807, 2.05) is 6.92 Å². The van der Waals surface area contributed by atoms with Crippen molar-refractivity contribution in [1.29, 1.82) is 0 Å². The van der Waals surface area contributed by atoms with E-state index >= 15 is 0 Å². The molecule has 0 radical (unpaired) electrons. The van der Waals surface area contributed by atoms with Crippen LogP contribution in [0.3, 0.4) is 0 Å². The van der Waals surface area contributed by atoms with E-state index in [4.69, 9.17) is 18.9 Å². The first-order valence-electron chi connectivity index (χ1n) is 9.03. The van der Waals surface area contributed by atoms with Crippen LogP contribution in [0.4, 0.5) is 4.79 Å². The highest BCUT2D eigenvalue weighted by Crippen LogP contribution is 2.39. The Morgan fingerprint density at radius 1 is 0.964 bits per heavy atom. The first-order valence-corrected chi connectivity index (χ1v) is 9.03. The molecule has 0 heterocycles. The fourth-order valence-electron chi connectivity index (χ4n) is 2.49. The molecule has 9 heteroatoms. The van der Waals surface area contributed by atoms with E-state index in [1.165, 1.54) is 33.5 Å². The molecule has 0 fully saturated rings. The van der Waals surface area contributed by atoms with E-state index < -0.39 is 12.1 Å². The van der Waals surface area contributed by atoms with Gasteiger partial charge in [-0.05, 0) is 24.5 Å². The van der Waals surface area contributed by atoms with Gasteiger partial charge in [0.2, 0.25) is 5.75 Å². The third-order valence-electron chi connectivity index (χ3n) is 4.12. The van der Waals surface area contributed by atoms with Crippen LogP contribution in [0, 0.1) is 5.92 Å². The maximum atomic E-state index is 12.1. The summed E-state index contributed by atoms with van der Waals surface area (Å²) in [5.74, 6) is -0.0616. The molecule has 0 bridgehead atoms. The number of hydrogen-bond donors (Lipinski definition) is 0. The topological polar surface area (TPSA) is 98.8 Å². The standard InChI is InChI=1S/C19H28O9/c1-6-8-9-13(7-2)12-25-19(21)27-28-26-18(20)14-10-11-15(22-3)17(24-5)16(14)23-4/h10-11,13H,6-9,12H2,1-5H3. The summed E-state index contributed by atoms with van der Waals surface area (Å²) in [6.45, 7) is 4.32. The number of carbonyl (C=O) groups excluding carboxylic acids is 2. The van der Waals surface area contributed by atoms with Crippen LogP contribution < -0.4 is 14.2 Å². The van der Waals surface area contributed by atoms with E-state index in [0.717, 1.165) is 25.7 Å². The summed E-state index contributed by atoms with van der Waals surface area (Å²) in [6.07, 6.45) is 2.86. The monoisotopic (exact) mass is 400 g/mol. The minimum absolute atomic E-state index is 0.0114. The predicted molar refractivity (Wildman–Crippen MR) is 98.3 cm³/mol. The summed E-state index contributed by atoms with van der Waals surface area (Å²) in [5, 5.41) is 4.24. The van der Waals surface area contributed by atoms with Gasteiger partial charge in [0.15, 0.2) is 11.5 Å². The quantitative estimate of drug-likeness (QED) is 0.292. The summed E-state index contributed by atoms with van der Waals surface area (Å²) in [4.78, 5) is 32.5. The van der Waals surface area contributed by atoms with Gasteiger partial charge in [-0.2, -0.15) is 0 Å². The number of rotatable bonds is 12. The largest absolute Gasteiger partial charge is 0.543 e. The Balaban J connectivity index is 2.55. The first kappa shape index (κ1) is 23.4. The second kappa shape index (κ2) is 12.7. The molecule has 1 aromatic rings. The Bertz CT molecular complexity index is 630. The lowest BCUT2D eigenvalue weighted by Gasteiger charge is -2.14. The van der Waals surface area contributed by atoms with Crippen LogP contribution in [-0.2, 0) is 19.6 Å². The molecule has 0 aliphatic carbocycles. The van der Waals surface area contributed by atoms with Crippen molar-refractivity contribution >= 4 is 12.1 Å². The average molecular weight is 400 g/mol. The van der Waals surface area contributed by atoms with Gasteiger partial charge in [0.1, 0.15) is 5.56 Å². The van der Waals surface area contributed by atoms with E-state index in [0.29, 0.717) is 5.75 Å². The molecule has 1 aromatic carbocycles. The highest BCUT2D eigenvalue weighted by Gasteiger charge is 2.23. The number of unbranched alkanes of at least 4 members (excludes halogenated alkanes) is 1. The van der Waals surface area contributed by atoms with E-state index in [-0.39, 0.29) is 29.6 Å². The van der Waals surface area contributed by atoms with E-state index in [1.54, 1.807) is 0 Å². The fourth-order valence-corrected chi connectivity index (χ4v) is 2.49. The van der Waals surface area contributed by atoms with Gasteiger partial charge in [-0.25, -0.2) is 14.5 Å². The lowest BCUT2D eigenvalue weighted by molar-refractivity contribution is -0.452. The van der Waals surface area contributed by atoms with Crippen LogP contribution >= 0.6 is 0 Å². The average Bonchev–Trinajstić information content (AvgIpc) is 2.72. The third-order valence-corrected chi connectivity index (χ3v) is 4.12. The fraction of sp³-hybridized carbons (Fsp3) is 0.579. The van der Waals surface area contributed by atoms with Crippen LogP contribution in [0.5, 0.6) is 17.2 Å². The van der Waals surface area contributed by atoms with Gasteiger partial charge in [0.25, 0.3) is 0 Å². The summed E-state index contributed by atoms with van der Waals surface area (Å²) >= 11 is 0. The second-order valence-electron chi connectivity index (χ2n) is 5.88. The molecule has 28 heavy (non-hydrogen) atoms. The van der Waals surface area contributed by atoms with Crippen molar-refractivity contribution in [2.24, 2.45) is 5.92 Å². The van der Waals surface area contributed by atoms with Crippen LogP contribution in [0.2, 0.25) is 0 Å². The molecule has 0 N–H and O–H groups in total. The van der Waals surface area contributed by atoms with Crippen LogP contribution in [-0.4, -0.2) is 40.1 Å². The van der Waals surface area contributed by atoms with Gasteiger partial charge < -0.3 is 18.9 Å². The Hall–Kier alpha value is -2.68. The second-order valence-corrected chi connectivity index (χ2v) is 5.88. The van der Waals surface area contributed by atoms with E-state index in [9.17, 15) is 9.59 Å². The molecule has 1 atom stereocenters. The highest BCUT2D eigenvalue weighted by atomic mass is 17.5. The Kier molecular flexibility index (Phi) is 10.6. The molecule has 1 unspecified atom stereocenters. The number of hydrogen-bond acceptors (Lipinski definition) is 9. The van der Waals surface area contributed by atoms with Crippen molar-refractivity contribution < 1.29 is 43.3 Å². The number of carbonyl (C=O) groups is 2. The molecule has 158 valence electrons. The van der Waals surface area contributed by atoms with Crippen molar-refractivity contribution in [3.63, 3.8) is 0 Å². The maximum Gasteiger partial charge on any atom is 0.543 e. The van der Waals surface area contributed by atoms with Gasteiger partial charge >= 0.3 is 12.1 Å². The zero-order valence-corrected chi connectivity index (χ0v) is 16.9. The first-order chi connectivity index (χ1) is 13.5. The van der Waals surface area contributed by atoms with Crippen molar-refractivity contribution in [2.75, 3.05) is 27.9 Å². The minimum atomic E-state index is -1.10. The molecule has 0 spiro atoms. The predicted octanol–water partition coefficient (Wildman–Crippen LogP) is 4.09. The number of ether oxygens (including phenoxy) is 4. The molecular formula is C19H28O9. The molecule has 9 nitrogen and oxygen atoms in total. The van der Waals surface area contributed by atoms with Gasteiger partial charge in [0.05, 0.1) is 33.0 Å². The molecule has 0 aliphatic rings. The van der Waals surface area contributed by atoms with Gasteiger partial charge in [-0.15, -0.1) is 0 Å². The number of benzene rings is 1. The Labute approximate surface area is 164 Å². The molecule has 0 saturated heterocycles. The van der Waals surface area contributed by atoms with Crippen LogP contribution in [0.25, 0.3) is 0 Å². The van der Waals surface area contributed by atoms with E-state index in [2.05, 4.69) is 21.7 Å². The lowest BCUT2D eigenvalue weighted by Crippen LogP contribution is -2.16. The lowest BCUT2D eigenvalue weighted by atomic mass is 10.0. The van der Waals surface area contributed by atoms with Gasteiger partial charge in [0, 0.05) is 0 Å². The normalized spacial score (nSPS) is 11.3. The maximum absolute atomic E-state index is 12.1. The van der Waals surface area contributed by atoms with Gasteiger partial charge in [-0.3, -0.25) is 4.89 Å². The molecule has 0 amide bonds. The van der Waals surface area contributed by atoms with Crippen molar-refractivity contribution in [1.82, 2.24) is 0 Å². The van der Waals surface area contributed by atoms with Gasteiger partial charge in [-0.1, -0.05) is 33.1 Å². The Morgan fingerprint density at radius 3 is 2.25 bits per heavy atom. The van der Waals surface area contributed by atoms with Crippen molar-refractivity contribution in [3.8, 4) is 17.2 Å². The third kappa shape index (κ3) is 6.80. The summed E-state index contributed by atoms with van der Waals surface area (Å²) in [7, 11) is 4.20. The highest BCUT2D eigenvalue weighted by molar-refractivity contribution is 5.93. The van der Waals surface area contributed by atoms with Crippen LogP contribution in [0.1, 0.15) is 49.9 Å². The molecule has 1 rings (SSSR count). The van der Waals surface area contributed by atoms with Crippen molar-refractivity contribution in [3.05, 3.63) is 17.7 Å².